The van der Waals surface area contributed by atoms with Gasteiger partial charge in [0.1, 0.15) is 6.61 Å². The molecule has 0 saturated carbocycles. The zero-order valence-electron chi connectivity index (χ0n) is 18.0. The van der Waals surface area contributed by atoms with Gasteiger partial charge in [-0.25, -0.2) is 0 Å². The summed E-state index contributed by atoms with van der Waals surface area (Å²) in [7, 11) is 1.58. The van der Waals surface area contributed by atoms with Crippen LogP contribution in [0, 0.1) is 0 Å². The van der Waals surface area contributed by atoms with Crippen molar-refractivity contribution in [3.63, 3.8) is 0 Å². The van der Waals surface area contributed by atoms with Gasteiger partial charge in [0.15, 0.2) is 0 Å². The van der Waals surface area contributed by atoms with Crippen LogP contribution in [0.2, 0.25) is 0 Å². The van der Waals surface area contributed by atoms with Gasteiger partial charge in [-0.05, 0) is 44.9 Å². The first kappa shape index (κ1) is 26.4. The average Bonchev–Trinajstić information content (AvgIpc) is 2.69. The number of hydrogen-bond donors (Lipinski definition) is 1. The van der Waals surface area contributed by atoms with E-state index in [1.54, 1.807) is 7.11 Å². The summed E-state index contributed by atoms with van der Waals surface area (Å²) in [5.41, 5.74) is 5.70. The van der Waals surface area contributed by atoms with Gasteiger partial charge in [-0.3, -0.25) is 4.79 Å². The molecule has 2 N–H and O–H groups in total. The lowest BCUT2D eigenvalue weighted by Gasteiger charge is -2.10. The first-order chi connectivity index (χ1) is 13.7. The number of allylic oxidation sites excluding steroid dienone is 8. The summed E-state index contributed by atoms with van der Waals surface area (Å²) in [5, 5.41) is 0. The number of unbranched alkanes of at least 4 members (excludes halogenated alkanes) is 4. The van der Waals surface area contributed by atoms with Crippen LogP contribution in [-0.2, 0) is 14.3 Å². The van der Waals surface area contributed by atoms with E-state index in [4.69, 9.17) is 15.2 Å². The summed E-state index contributed by atoms with van der Waals surface area (Å²) >= 11 is 0. The second-order valence-corrected chi connectivity index (χ2v) is 6.88. The molecule has 0 radical (unpaired) electrons. The number of ether oxygens (including phenoxy) is 2. The van der Waals surface area contributed by atoms with Crippen molar-refractivity contribution in [1.29, 1.82) is 0 Å². The first-order valence-corrected chi connectivity index (χ1v) is 10.7. The molecular weight excluding hydrogens is 350 g/mol. The maximum Gasteiger partial charge on any atom is 0.305 e. The molecule has 0 heterocycles. The van der Waals surface area contributed by atoms with E-state index in [-0.39, 0.29) is 18.6 Å². The van der Waals surface area contributed by atoms with Gasteiger partial charge >= 0.3 is 5.97 Å². The van der Waals surface area contributed by atoms with Crippen LogP contribution < -0.4 is 5.73 Å². The highest BCUT2D eigenvalue weighted by molar-refractivity contribution is 5.69. The number of nitrogens with two attached hydrogens (primary N) is 1. The highest BCUT2D eigenvalue weighted by Crippen LogP contribution is 2.02. The fourth-order valence-corrected chi connectivity index (χ4v) is 2.46. The number of esters is 1. The molecule has 0 aromatic heterocycles. The molecule has 0 aromatic carbocycles. The summed E-state index contributed by atoms with van der Waals surface area (Å²) < 4.78 is 9.99. The molecule has 0 bridgehead atoms. The number of methoxy groups -OCH3 is 1. The Labute approximate surface area is 172 Å². The van der Waals surface area contributed by atoms with Gasteiger partial charge in [-0.2, -0.15) is 0 Å². The molecule has 1 atom stereocenters. The highest BCUT2D eigenvalue weighted by atomic mass is 16.5. The molecule has 160 valence electrons. The molecule has 0 spiro atoms. The third-order valence-electron chi connectivity index (χ3n) is 4.05. The number of hydrogen-bond acceptors (Lipinski definition) is 4. The molecule has 4 nitrogen and oxygen atoms in total. The summed E-state index contributed by atoms with van der Waals surface area (Å²) in [4.78, 5) is 11.5. The van der Waals surface area contributed by atoms with Crippen LogP contribution in [0.25, 0.3) is 0 Å². The van der Waals surface area contributed by atoms with E-state index in [9.17, 15) is 4.79 Å². The second kappa shape index (κ2) is 21.6. The van der Waals surface area contributed by atoms with Gasteiger partial charge in [-0.1, -0.05) is 68.4 Å². The average molecular weight is 392 g/mol. The molecule has 0 rings (SSSR count). The van der Waals surface area contributed by atoms with Crippen molar-refractivity contribution in [2.24, 2.45) is 5.73 Å². The minimum absolute atomic E-state index is 0.192. The Morgan fingerprint density at radius 3 is 1.89 bits per heavy atom. The molecule has 0 aliphatic heterocycles. The normalized spacial score (nSPS) is 13.4. The van der Waals surface area contributed by atoms with Crippen molar-refractivity contribution in [2.75, 3.05) is 20.3 Å². The third kappa shape index (κ3) is 20.7. The molecular formula is C24H41NO3. The lowest BCUT2D eigenvalue weighted by Crippen LogP contribution is -2.32. The Morgan fingerprint density at radius 2 is 1.36 bits per heavy atom. The predicted octanol–water partition coefficient (Wildman–Crippen LogP) is 5.65. The van der Waals surface area contributed by atoms with Crippen LogP contribution in [0.1, 0.15) is 71.1 Å². The van der Waals surface area contributed by atoms with Crippen LogP contribution in [0.15, 0.2) is 48.6 Å². The van der Waals surface area contributed by atoms with Crippen molar-refractivity contribution in [3.05, 3.63) is 48.6 Å². The maximum atomic E-state index is 11.5. The van der Waals surface area contributed by atoms with Gasteiger partial charge in [0, 0.05) is 13.5 Å². The minimum Gasteiger partial charge on any atom is -0.464 e. The second-order valence-electron chi connectivity index (χ2n) is 6.88. The van der Waals surface area contributed by atoms with Crippen molar-refractivity contribution in [2.45, 2.75) is 77.2 Å². The topological polar surface area (TPSA) is 61.5 Å². The fourth-order valence-electron chi connectivity index (χ4n) is 2.46. The zero-order valence-corrected chi connectivity index (χ0v) is 18.0. The molecule has 0 amide bonds. The number of carbonyl (C=O) groups is 1. The smallest absolute Gasteiger partial charge is 0.305 e. The predicted molar refractivity (Wildman–Crippen MR) is 119 cm³/mol. The highest BCUT2D eigenvalue weighted by Gasteiger charge is 2.06. The Morgan fingerprint density at radius 1 is 0.821 bits per heavy atom. The van der Waals surface area contributed by atoms with E-state index in [0.29, 0.717) is 13.0 Å². The number of rotatable bonds is 18. The minimum atomic E-state index is -0.248. The molecule has 0 aliphatic rings. The number of carbonyl (C=O) groups excluding carboxylic acids is 1. The lowest BCUT2D eigenvalue weighted by molar-refractivity contribution is -0.144. The van der Waals surface area contributed by atoms with Crippen molar-refractivity contribution >= 4 is 5.97 Å². The summed E-state index contributed by atoms with van der Waals surface area (Å²) in [6.45, 7) is 2.85. The summed E-state index contributed by atoms with van der Waals surface area (Å²) in [6, 6.07) is -0.248. The Hall–Kier alpha value is -1.65. The van der Waals surface area contributed by atoms with Gasteiger partial charge in [0.2, 0.25) is 0 Å². The molecule has 0 aromatic rings. The lowest BCUT2D eigenvalue weighted by atomic mass is 10.2. The summed E-state index contributed by atoms with van der Waals surface area (Å²) in [6.07, 6.45) is 27.8. The molecule has 0 saturated heterocycles. The van der Waals surface area contributed by atoms with Crippen LogP contribution >= 0.6 is 0 Å². The van der Waals surface area contributed by atoms with Crippen molar-refractivity contribution < 1.29 is 14.3 Å². The molecule has 4 heteroatoms. The van der Waals surface area contributed by atoms with E-state index >= 15 is 0 Å². The Kier molecular flexibility index (Phi) is 20.4. The molecule has 0 aliphatic carbocycles. The van der Waals surface area contributed by atoms with E-state index in [0.717, 1.165) is 32.1 Å². The molecule has 28 heavy (non-hydrogen) atoms. The van der Waals surface area contributed by atoms with Crippen LogP contribution in [0.3, 0.4) is 0 Å². The molecule has 0 fully saturated rings. The van der Waals surface area contributed by atoms with E-state index < -0.39 is 0 Å². The van der Waals surface area contributed by atoms with E-state index in [1.165, 1.54) is 25.7 Å². The van der Waals surface area contributed by atoms with Gasteiger partial charge in [0.25, 0.3) is 0 Å². The van der Waals surface area contributed by atoms with Crippen LogP contribution in [0.4, 0.5) is 0 Å². The maximum absolute atomic E-state index is 11.5. The van der Waals surface area contributed by atoms with E-state index in [2.05, 4.69) is 55.5 Å². The van der Waals surface area contributed by atoms with Gasteiger partial charge in [-0.15, -0.1) is 0 Å². The quantitative estimate of drug-likeness (QED) is 0.186. The van der Waals surface area contributed by atoms with Gasteiger partial charge < -0.3 is 15.2 Å². The zero-order chi connectivity index (χ0) is 20.7. The van der Waals surface area contributed by atoms with E-state index in [1.807, 2.05) is 0 Å². The third-order valence-corrected chi connectivity index (χ3v) is 4.05. The van der Waals surface area contributed by atoms with Crippen molar-refractivity contribution in [3.8, 4) is 0 Å². The Bertz CT molecular complexity index is 466. The standard InChI is InChI=1S/C24H41NO3/c1-3-4-5-6-7-8-9-10-11-12-13-14-15-16-17-18-19-20-24(26)28-22-23(25)21-27-2/h7-8,10-11,13-14,16-17,23H,3-6,9,12,15,18-22,25H2,1-2H3/b8-7-,11-10-,14-13-,17-16-. The first-order valence-electron chi connectivity index (χ1n) is 10.7. The van der Waals surface area contributed by atoms with Crippen LogP contribution in [-0.4, -0.2) is 32.3 Å². The SMILES string of the molecule is CCCCC/C=C\C/C=C\C/C=C\C/C=C\CCCC(=O)OCC(N)COC. The molecule has 1 unspecified atom stereocenters. The fraction of sp³-hybridized carbons (Fsp3) is 0.625. The summed E-state index contributed by atoms with van der Waals surface area (Å²) in [5.74, 6) is -0.192. The largest absolute Gasteiger partial charge is 0.464 e. The van der Waals surface area contributed by atoms with Crippen molar-refractivity contribution in [1.82, 2.24) is 0 Å². The van der Waals surface area contributed by atoms with Crippen LogP contribution in [0.5, 0.6) is 0 Å². The monoisotopic (exact) mass is 391 g/mol. The Balaban J connectivity index is 3.51. The van der Waals surface area contributed by atoms with Gasteiger partial charge in [0.05, 0.1) is 12.6 Å².